The van der Waals surface area contributed by atoms with Crippen LogP contribution >= 0.6 is 0 Å². The van der Waals surface area contributed by atoms with Crippen molar-refractivity contribution in [3.63, 3.8) is 0 Å². The second kappa shape index (κ2) is 19.4. The van der Waals surface area contributed by atoms with Gasteiger partial charge < -0.3 is 9.13 Å². The van der Waals surface area contributed by atoms with Gasteiger partial charge in [-0.05, 0) is 176 Å². The van der Waals surface area contributed by atoms with Crippen LogP contribution in [0.4, 0.5) is 0 Å². The fraction of sp³-hybridized carbons (Fsp3) is 0.0241. The number of aromatic nitrogens is 6. The van der Waals surface area contributed by atoms with Crippen molar-refractivity contribution >= 4 is 65.4 Å². The average molecular weight is 1130 g/mol. The normalized spacial score (nSPS) is 13.2. The van der Waals surface area contributed by atoms with Crippen molar-refractivity contribution in [2.24, 2.45) is 0 Å². The van der Waals surface area contributed by atoms with Crippen LogP contribution < -0.4 is 0 Å². The molecule has 0 saturated heterocycles. The number of fused-ring (bicyclic) bond motifs is 15. The number of hydrogen-bond donors (Lipinski definition) is 0. The Kier molecular flexibility index (Phi) is 10.8. The molecule has 1 atom stereocenters. The fourth-order valence-electron chi connectivity index (χ4n) is 14.9. The van der Waals surface area contributed by atoms with Crippen LogP contribution in [-0.2, 0) is 6.42 Å². The van der Waals surface area contributed by atoms with E-state index in [9.17, 15) is 0 Å². The van der Waals surface area contributed by atoms with E-state index in [1.807, 2.05) is 36.4 Å². The fourth-order valence-corrected chi connectivity index (χ4v) is 14.9. The summed E-state index contributed by atoms with van der Waals surface area (Å²) in [5, 5.41) is 6.92. The quantitative estimate of drug-likeness (QED) is 0.152. The summed E-state index contributed by atoms with van der Waals surface area (Å²) >= 11 is 0. The average Bonchev–Trinajstić information content (AvgIpc) is 1.60. The summed E-state index contributed by atoms with van der Waals surface area (Å²) in [6.07, 6.45) is 0.960. The van der Waals surface area contributed by atoms with Gasteiger partial charge in [-0.2, -0.15) is 9.97 Å². The molecule has 89 heavy (non-hydrogen) atoms. The topological polar surface area (TPSA) is 53.5 Å². The minimum atomic E-state index is 0.153. The van der Waals surface area contributed by atoms with Gasteiger partial charge in [0.15, 0.2) is 11.6 Å². The van der Waals surface area contributed by atoms with Crippen LogP contribution in [-0.4, -0.2) is 28.7 Å². The van der Waals surface area contributed by atoms with Crippen molar-refractivity contribution < 1.29 is 0 Å². The van der Waals surface area contributed by atoms with E-state index in [4.69, 9.17) is 15.0 Å². The molecule has 0 spiro atoms. The molecule has 6 heteroatoms. The molecule has 17 aromatic rings. The molecule has 0 N–H and O–H groups in total. The van der Waals surface area contributed by atoms with Gasteiger partial charge in [-0.15, -0.1) is 0 Å². The van der Waals surface area contributed by atoms with Crippen LogP contribution in [0.1, 0.15) is 33.7 Å². The van der Waals surface area contributed by atoms with E-state index in [1.54, 1.807) is 0 Å². The van der Waals surface area contributed by atoms with Gasteiger partial charge in [0.1, 0.15) is 0 Å². The first-order chi connectivity index (χ1) is 44.1. The van der Waals surface area contributed by atoms with Crippen LogP contribution in [0.15, 0.2) is 297 Å². The second-order valence-corrected chi connectivity index (χ2v) is 23.9. The summed E-state index contributed by atoms with van der Waals surface area (Å²) in [5.74, 6) is 1.93. The van der Waals surface area contributed by atoms with Gasteiger partial charge in [-0.25, -0.2) is 4.98 Å². The molecular formula is C83H52N6. The Bertz CT molecular complexity index is 5690. The third kappa shape index (κ3) is 7.67. The van der Waals surface area contributed by atoms with E-state index in [-0.39, 0.29) is 5.92 Å². The number of rotatable bonds is 8. The Labute approximate surface area is 513 Å². The Morgan fingerprint density at radius 2 is 0.708 bits per heavy atom. The monoisotopic (exact) mass is 1130 g/mol. The van der Waals surface area contributed by atoms with E-state index in [0.29, 0.717) is 17.6 Å². The maximum absolute atomic E-state index is 5.36. The molecule has 2 aliphatic rings. The largest absolute Gasteiger partial charge is 0.309 e. The predicted octanol–water partition coefficient (Wildman–Crippen LogP) is 20.6. The molecule has 0 amide bonds. The molecule has 414 valence electrons. The molecule has 0 bridgehead atoms. The van der Waals surface area contributed by atoms with Crippen LogP contribution in [0, 0.1) is 0 Å². The third-order valence-electron chi connectivity index (χ3n) is 19.0. The van der Waals surface area contributed by atoms with Crippen molar-refractivity contribution in [1.29, 1.82) is 0 Å². The molecular weight excluding hydrogens is 1080 g/mol. The smallest absolute Gasteiger partial charge is 0.238 e. The molecule has 6 nitrogen and oxygen atoms in total. The van der Waals surface area contributed by atoms with Gasteiger partial charge in [0, 0.05) is 60.7 Å². The minimum Gasteiger partial charge on any atom is -0.309 e. The van der Waals surface area contributed by atoms with Crippen molar-refractivity contribution in [2.75, 3.05) is 0 Å². The zero-order valence-corrected chi connectivity index (χ0v) is 48.3. The van der Waals surface area contributed by atoms with Gasteiger partial charge in [-0.3, -0.25) is 4.57 Å². The van der Waals surface area contributed by atoms with Gasteiger partial charge in [-0.1, -0.05) is 200 Å². The van der Waals surface area contributed by atoms with Crippen LogP contribution in [0.25, 0.3) is 150 Å². The molecule has 4 heterocycles. The molecule has 0 fully saturated rings. The lowest BCUT2D eigenvalue weighted by Gasteiger charge is -2.16. The number of para-hydroxylation sites is 3. The Balaban J connectivity index is 0.809. The minimum absolute atomic E-state index is 0.153. The Morgan fingerprint density at radius 1 is 0.258 bits per heavy atom. The van der Waals surface area contributed by atoms with E-state index in [2.05, 4.69) is 275 Å². The first-order valence-corrected chi connectivity index (χ1v) is 30.6. The summed E-state index contributed by atoms with van der Waals surface area (Å²) in [4.78, 5) is 15.9. The first-order valence-electron chi connectivity index (χ1n) is 30.6. The van der Waals surface area contributed by atoms with Crippen molar-refractivity contribution in [3.8, 4) is 84.6 Å². The molecule has 2 aliphatic carbocycles. The number of nitrogens with zero attached hydrogens (tertiary/aromatic N) is 6. The van der Waals surface area contributed by atoms with Crippen molar-refractivity contribution in [2.45, 2.75) is 12.3 Å². The first kappa shape index (κ1) is 49.5. The van der Waals surface area contributed by atoms with Crippen molar-refractivity contribution in [1.82, 2.24) is 28.7 Å². The van der Waals surface area contributed by atoms with Gasteiger partial charge in [0.2, 0.25) is 5.95 Å². The van der Waals surface area contributed by atoms with Gasteiger partial charge in [0.25, 0.3) is 0 Å². The van der Waals surface area contributed by atoms with E-state index < -0.39 is 0 Å². The summed E-state index contributed by atoms with van der Waals surface area (Å²) in [5.41, 5.74) is 27.6. The van der Waals surface area contributed by atoms with Crippen molar-refractivity contribution in [3.05, 3.63) is 325 Å². The molecule has 4 aromatic heterocycles. The van der Waals surface area contributed by atoms with Crippen LogP contribution in [0.3, 0.4) is 0 Å². The van der Waals surface area contributed by atoms with E-state index in [0.717, 1.165) is 89.3 Å². The lowest BCUT2D eigenvalue weighted by Crippen LogP contribution is -2.06. The molecule has 0 aliphatic heterocycles. The molecule has 19 rings (SSSR count). The SMILES string of the molecule is c1ccc(-c2nc(-c3ccccc3)nc(-n3c4ccc(-c5ccc6c(c5)c5cc(-c7ccc8c(c7)-c7cc9c(cc7C8c7ccccc7)-c7ccccc7C9)ccc5n6-c5ccccc5)cc4c4cc5c(cc43)c3ccccc3n5-c3ccccc3)n2)cc1. The maximum atomic E-state index is 5.36. The summed E-state index contributed by atoms with van der Waals surface area (Å²) in [7, 11) is 0. The zero-order chi connectivity index (χ0) is 58.3. The van der Waals surface area contributed by atoms with Crippen LogP contribution in [0.5, 0.6) is 0 Å². The highest BCUT2D eigenvalue weighted by molar-refractivity contribution is 6.20. The lowest BCUT2D eigenvalue weighted by atomic mass is 9.87. The predicted molar refractivity (Wildman–Crippen MR) is 366 cm³/mol. The summed E-state index contributed by atoms with van der Waals surface area (Å²) in [6.45, 7) is 0. The Hall–Kier alpha value is -11.7. The number of benzene rings is 13. The standard InChI is InChI=1S/C83H52N6/c1-6-20-51(21-7-1)80-64-38-34-54(43-66(64)67-47-59-42-58-26-16-17-31-62(58)65(59)48-73(67)80)55-35-39-75-68(44-55)69-45-56(36-40-76(69)87(75)60-27-12-4-13-28-60)57-37-41-77-70(46-57)72-50-78-71(63-32-18-19-33-74(63)88(78)61-29-14-5-15-30-61)49-79(72)89(77)83-85-81(52-22-8-2-9-23-52)84-82(86-83)53-24-10-3-11-25-53/h1-41,43-50,80H,42H2. The molecule has 0 saturated carbocycles. The molecule has 0 radical (unpaired) electrons. The highest BCUT2D eigenvalue weighted by atomic mass is 15.2. The summed E-state index contributed by atoms with van der Waals surface area (Å²) in [6, 6.07) is 109. The second-order valence-electron chi connectivity index (χ2n) is 23.9. The zero-order valence-electron chi connectivity index (χ0n) is 48.3. The molecule has 1 unspecified atom stereocenters. The lowest BCUT2D eigenvalue weighted by molar-refractivity contribution is 0.954. The van der Waals surface area contributed by atoms with E-state index in [1.165, 1.54) is 77.4 Å². The summed E-state index contributed by atoms with van der Waals surface area (Å²) < 4.78 is 7.09. The van der Waals surface area contributed by atoms with Gasteiger partial charge >= 0.3 is 0 Å². The highest BCUT2D eigenvalue weighted by Crippen LogP contribution is 2.53. The Morgan fingerprint density at radius 3 is 1.33 bits per heavy atom. The van der Waals surface area contributed by atoms with Gasteiger partial charge in [0.05, 0.1) is 33.1 Å². The number of hydrogen-bond acceptors (Lipinski definition) is 3. The molecule has 13 aromatic carbocycles. The maximum Gasteiger partial charge on any atom is 0.238 e. The van der Waals surface area contributed by atoms with Crippen LogP contribution in [0.2, 0.25) is 0 Å². The van der Waals surface area contributed by atoms with E-state index >= 15 is 0 Å². The highest BCUT2D eigenvalue weighted by Gasteiger charge is 2.33. The third-order valence-corrected chi connectivity index (χ3v) is 19.0.